The van der Waals surface area contributed by atoms with Crippen LogP contribution < -0.4 is 0 Å². The Morgan fingerprint density at radius 1 is 1.44 bits per heavy atom. The Kier molecular flexibility index (Phi) is 3.98. The predicted octanol–water partition coefficient (Wildman–Crippen LogP) is 3.58. The lowest BCUT2D eigenvalue weighted by molar-refractivity contribution is 0.164. The third-order valence-corrected chi connectivity index (χ3v) is 4.24. The minimum atomic E-state index is -0.0608. The molecule has 0 bridgehead atoms. The van der Waals surface area contributed by atoms with Gasteiger partial charge in [0.1, 0.15) is 6.04 Å². The summed E-state index contributed by atoms with van der Waals surface area (Å²) in [5.74, 6) is 0. The van der Waals surface area contributed by atoms with Crippen molar-refractivity contribution in [1.29, 1.82) is 5.26 Å². The maximum absolute atomic E-state index is 9.31. The molecular formula is C13H18N2S. The lowest BCUT2D eigenvalue weighted by Crippen LogP contribution is -2.35. The second-order valence-electron chi connectivity index (χ2n) is 4.55. The smallest absolute Gasteiger partial charge is 0.124 e. The van der Waals surface area contributed by atoms with Crippen LogP contribution >= 0.6 is 11.3 Å². The fraction of sp³-hybridized carbons (Fsp3) is 0.615. The summed E-state index contributed by atoms with van der Waals surface area (Å²) < 4.78 is 0. The summed E-state index contributed by atoms with van der Waals surface area (Å²) in [5.41, 5.74) is 1.15. The summed E-state index contributed by atoms with van der Waals surface area (Å²) in [6, 6.07) is 5.04. The Labute approximate surface area is 102 Å². The first-order valence-corrected chi connectivity index (χ1v) is 6.91. The molecule has 0 amide bonds. The molecule has 1 atom stereocenters. The molecule has 0 aliphatic heterocycles. The van der Waals surface area contributed by atoms with Crippen molar-refractivity contribution < 1.29 is 0 Å². The molecule has 1 unspecified atom stereocenters. The second-order valence-corrected chi connectivity index (χ2v) is 5.33. The van der Waals surface area contributed by atoms with Gasteiger partial charge in [0, 0.05) is 6.04 Å². The Morgan fingerprint density at radius 2 is 2.19 bits per heavy atom. The molecule has 1 fully saturated rings. The zero-order valence-corrected chi connectivity index (χ0v) is 10.5. The fourth-order valence-electron chi connectivity index (χ4n) is 2.53. The van der Waals surface area contributed by atoms with E-state index in [1.54, 1.807) is 11.3 Å². The highest BCUT2D eigenvalue weighted by molar-refractivity contribution is 7.08. The van der Waals surface area contributed by atoms with E-state index >= 15 is 0 Å². The molecule has 0 saturated heterocycles. The molecule has 86 valence electrons. The molecule has 1 aromatic heterocycles. The van der Waals surface area contributed by atoms with Crippen LogP contribution in [0.5, 0.6) is 0 Å². The van der Waals surface area contributed by atoms with E-state index in [9.17, 15) is 5.26 Å². The van der Waals surface area contributed by atoms with Crippen molar-refractivity contribution >= 4 is 11.3 Å². The van der Waals surface area contributed by atoms with Crippen LogP contribution in [0.2, 0.25) is 0 Å². The monoisotopic (exact) mass is 234 g/mol. The highest BCUT2D eigenvalue weighted by Gasteiger charge is 2.25. The zero-order valence-electron chi connectivity index (χ0n) is 9.72. The lowest BCUT2D eigenvalue weighted by Gasteiger charge is -2.33. The van der Waals surface area contributed by atoms with Crippen molar-refractivity contribution in [3.63, 3.8) is 0 Å². The summed E-state index contributed by atoms with van der Waals surface area (Å²) in [4.78, 5) is 2.27. The number of nitrogens with zero attached hydrogens (tertiary/aromatic N) is 2. The van der Waals surface area contributed by atoms with Gasteiger partial charge in [-0.2, -0.15) is 16.6 Å². The van der Waals surface area contributed by atoms with Crippen LogP contribution in [0, 0.1) is 11.3 Å². The minimum Gasteiger partial charge on any atom is -0.284 e. The third kappa shape index (κ3) is 2.45. The number of nitriles is 1. The van der Waals surface area contributed by atoms with Gasteiger partial charge in [0.2, 0.25) is 0 Å². The Balaban J connectivity index is 2.06. The van der Waals surface area contributed by atoms with Gasteiger partial charge in [-0.1, -0.05) is 19.3 Å². The molecule has 1 heterocycles. The molecule has 1 aliphatic rings. The Bertz CT molecular complexity index is 347. The summed E-state index contributed by atoms with van der Waals surface area (Å²) in [5, 5.41) is 13.5. The summed E-state index contributed by atoms with van der Waals surface area (Å²) in [6.45, 7) is 0. The number of rotatable bonds is 3. The van der Waals surface area contributed by atoms with E-state index in [4.69, 9.17) is 0 Å². The first kappa shape index (κ1) is 11.6. The average molecular weight is 234 g/mol. The molecule has 0 aromatic carbocycles. The molecule has 1 aliphatic carbocycles. The first-order chi connectivity index (χ1) is 7.83. The van der Waals surface area contributed by atoms with Crippen molar-refractivity contribution in [1.82, 2.24) is 4.90 Å². The van der Waals surface area contributed by atoms with Gasteiger partial charge < -0.3 is 0 Å². The maximum atomic E-state index is 9.31. The van der Waals surface area contributed by atoms with Crippen LogP contribution in [0.3, 0.4) is 0 Å². The van der Waals surface area contributed by atoms with Crippen LogP contribution in [0.15, 0.2) is 16.8 Å². The van der Waals surface area contributed by atoms with Gasteiger partial charge >= 0.3 is 0 Å². The van der Waals surface area contributed by atoms with Gasteiger partial charge in [-0.05, 0) is 42.3 Å². The summed E-state index contributed by atoms with van der Waals surface area (Å²) in [6.07, 6.45) is 6.49. The van der Waals surface area contributed by atoms with Gasteiger partial charge in [-0.15, -0.1) is 0 Å². The van der Waals surface area contributed by atoms with Crippen molar-refractivity contribution in [3.05, 3.63) is 22.4 Å². The van der Waals surface area contributed by atoms with E-state index in [-0.39, 0.29) is 6.04 Å². The Morgan fingerprint density at radius 3 is 2.75 bits per heavy atom. The van der Waals surface area contributed by atoms with Crippen molar-refractivity contribution in [3.8, 4) is 6.07 Å². The van der Waals surface area contributed by atoms with E-state index in [1.807, 2.05) is 5.38 Å². The van der Waals surface area contributed by atoms with E-state index in [1.165, 1.54) is 32.1 Å². The van der Waals surface area contributed by atoms with E-state index in [0.29, 0.717) is 6.04 Å². The molecule has 0 radical (unpaired) electrons. The SMILES string of the molecule is CN(C1CCCCC1)C(C#N)c1ccsc1. The second kappa shape index (κ2) is 5.47. The molecule has 0 N–H and O–H groups in total. The van der Waals surface area contributed by atoms with Crippen LogP contribution in [-0.2, 0) is 0 Å². The minimum absolute atomic E-state index is 0.0608. The molecule has 3 heteroatoms. The highest BCUT2D eigenvalue weighted by atomic mass is 32.1. The van der Waals surface area contributed by atoms with Gasteiger partial charge in [-0.3, -0.25) is 4.90 Å². The van der Waals surface area contributed by atoms with Crippen molar-refractivity contribution in [2.24, 2.45) is 0 Å². The van der Waals surface area contributed by atoms with Gasteiger partial charge in [0.05, 0.1) is 6.07 Å². The fourth-order valence-corrected chi connectivity index (χ4v) is 3.21. The van der Waals surface area contributed by atoms with Crippen LogP contribution in [0.25, 0.3) is 0 Å². The van der Waals surface area contributed by atoms with Crippen LogP contribution in [-0.4, -0.2) is 18.0 Å². The summed E-state index contributed by atoms with van der Waals surface area (Å²) in [7, 11) is 2.10. The zero-order chi connectivity index (χ0) is 11.4. The summed E-state index contributed by atoms with van der Waals surface area (Å²) >= 11 is 1.67. The molecular weight excluding hydrogens is 216 g/mol. The van der Waals surface area contributed by atoms with Crippen LogP contribution in [0.1, 0.15) is 43.7 Å². The lowest BCUT2D eigenvalue weighted by atomic mass is 9.93. The number of hydrogen-bond donors (Lipinski definition) is 0. The normalized spacial score (nSPS) is 19.6. The molecule has 1 aromatic rings. The quantitative estimate of drug-likeness (QED) is 0.799. The highest BCUT2D eigenvalue weighted by Crippen LogP contribution is 2.29. The standard InChI is InChI=1S/C13H18N2S/c1-15(12-5-3-2-4-6-12)13(9-14)11-7-8-16-10-11/h7-8,10,12-13H,2-6H2,1H3. The van der Waals surface area contributed by atoms with E-state index in [2.05, 4.69) is 29.5 Å². The van der Waals surface area contributed by atoms with Gasteiger partial charge in [-0.25, -0.2) is 0 Å². The molecule has 16 heavy (non-hydrogen) atoms. The number of thiophene rings is 1. The predicted molar refractivity (Wildman–Crippen MR) is 67.3 cm³/mol. The molecule has 1 saturated carbocycles. The van der Waals surface area contributed by atoms with E-state index < -0.39 is 0 Å². The third-order valence-electron chi connectivity index (χ3n) is 3.54. The van der Waals surface area contributed by atoms with E-state index in [0.717, 1.165) is 5.56 Å². The topological polar surface area (TPSA) is 27.0 Å². The van der Waals surface area contributed by atoms with Crippen molar-refractivity contribution in [2.75, 3.05) is 7.05 Å². The average Bonchev–Trinajstić information content (AvgIpc) is 2.85. The number of hydrogen-bond acceptors (Lipinski definition) is 3. The van der Waals surface area contributed by atoms with Gasteiger partial charge in [0.15, 0.2) is 0 Å². The maximum Gasteiger partial charge on any atom is 0.124 e. The van der Waals surface area contributed by atoms with Gasteiger partial charge in [0.25, 0.3) is 0 Å². The van der Waals surface area contributed by atoms with Crippen molar-refractivity contribution in [2.45, 2.75) is 44.2 Å². The first-order valence-electron chi connectivity index (χ1n) is 5.96. The largest absolute Gasteiger partial charge is 0.284 e. The van der Waals surface area contributed by atoms with Crippen LogP contribution in [0.4, 0.5) is 0 Å². The molecule has 2 nitrogen and oxygen atoms in total. The Hall–Kier alpha value is -0.850. The molecule has 2 rings (SSSR count). The molecule has 0 spiro atoms.